The normalized spacial score (nSPS) is 11.8. The SMILES string of the molecule is Cc1noc(C)c1CSc1ccccc1C(=O)OC(C)C(=O)NC(=O)NC(C)C. The Kier molecular flexibility index (Phi) is 7.83. The lowest BCUT2D eigenvalue weighted by atomic mass is 10.2. The van der Waals surface area contributed by atoms with E-state index >= 15 is 0 Å². The smallest absolute Gasteiger partial charge is 0.340 e. The molecule has 0 fully saturated rings. The maximum Gasteiger partial charge on any atom is 0.340 e. The van der Waals surface area contributed by atoms with E-state index in [4.69, 9.17) is 9.26 Å². The molecule has 8 nitrogen and oxygen atoms in total. The molecule has 0 aliphatic rings. The first-order valence-corrected chi connectivity index (χ1v) is 10.1. The van der Waals surface area contributed by atoms with Gasteiger partial charge in [-0.25, -0.2) is 9.59 Å². The van der Waals surface area contributed by atoms with Crippen molar-refractivity contribution in [3.05, 3.63) is 46.8 Å². The van der Waals surface area contributed by atoms with Crippen LogP contribution in [-0.4, -0.2) is 35.2 Å². The maximum absolute atomic E-state index is 12.6. The fraction of sp³-hybridized carbons (Fsp3) is 0.400. The number of amides is 3. The van der Waals surface area contributed by atoms with Crippen molar-refractivity contribution in [2.45, 2.75) is 57.4 Å². The van der Waals surface area contributed by atoms with Crippen LogP contribution in [-0.2, 0) is 15.3 Å². The average molecular weight is 420 g/mol. The van der Waals surface area contributed by atoms with Crippen molar-refractivity contribution in [1.29, 1.82) is 0 Å². The second-order valence-corrected chi connectivity index (χ2v) is 7.77. The minimum absolute atomic E-state index is 0.123. The molecular formula is C20H25N3O5S. The topological polar surface area (TPSA) is 111 Å². The number of ether oxygens (including phenoxy) is 1. The molecule has 1 aromatic carbocycles. The van der Waals surface area contributed by atoms with Crippen LogP contribution >= 0.6 is 11.8 Å². The van der Waals surface area contributed by atoms with Gasteiger partial charge in [-0.1, -0.05) is 17.3 Å². The molecule has 0 spiro atoms. The summed E-state index contributed by atoms with van der Waals surface area (Å²) in [7, 11) is 0. The van der Waals surface area contributed by atoms with E-state index in [9.17, 15) is 14.4 Å². The Labute approximate surface area is 173 Å². The van der Waals surface area contributed by atoms with E-state index in [-0.39, 0.29) is 6.04 Å². The quantitative estimate of drug-likeness (QED) is 0.523. The second-order valence-electron chi connectivity index (χ2n) is 6.75. The summed E-state index contributed by atoms with van der Waals surface area (Å²) in [4.78, 5) is 37.0. The molecule has 9 heteroatoms. The first-order valence-electron chi connectivity index (χ1n) is 9.15. The van der Waals surface area contributed by atoms with Crippen LogP contribution in [0.2, 0.25) is 0 Å². The molecule has 1 heterocycles. The van der Waals surface area contributed by atoms with Crippen LogP contribution in [0, 0.1) is 13.8 Å². The maximum atomic E-state index is 12.6. The summed E-state index contributed by atoms with van der Waals surface area (Å²) in [6, 6.07) is 6.22. The Morgan fingerprint density at radius 1 is 1.17 bits per heavy atom. The lowest BCUT2D eigenvalue weighted by Gasteiger charge is -2.15. The van der Waals surface area contributed by atoms with Crippen molar-refractivity contribution in [3.8, 4) is 0 Å². The molecule has 2 N–H and O–H groups in total. The van der Waals surface area contributed by atoms with E-state index in [1.165, 1.54) is 18.7 Å². The van der Waals surface area contributed by atoms with E-state index < -0.39 is 24.0 Å². The predicted molar refractivity (Wildman–Crippen MR) is 109 cm³/mol. The van der Waals surface area contributed by atoms with Crippen molar-refractivity contribution in [1.82, 2.24) is 15.8 Å². The summed E-state index contributed by atoms with van der Waals surface area (Å²) in [5.41, 5.74) is 2.12. The first kappa shape index (κ1) is 22.5. The Morgan fingerprint density at radius 2 is 1.86 bits per heavy atom. The molecule has 0 saturated heterocycles. The number of hydrogen-bond acceptors (Lipinski definition) is 7. The van der Waals surface area contributed by atoms with Gasteiger partial charge in [0.15, 0.2) is 6.10 Å². The van der Waals surface area contributed by atoms with E-state index in [0.717, 1.165) is 17.0 Å². The van der Waals surface area contributed by atoms with Crippen LogP contribution in [0.25, 0.3) is 0 Å². The lowest BCUT2D eigenvalue weighted by Crippen LogP contribution is -2.46. The fourth-order valence-electron chi connectivity index (χ4n) is 2.41. The summed E-state index contributed by atoms with van der Waals surface area (Å²) in [5.74, 6) is -0.0205. The summed E-state index contributed by atoms with van der Waals surface area (Å²) >= 11 is 1.45. The van der Waals surface area contributed by atoms with Gasteiger partial charge in [-0.05, 0) is 46.8 Å². The van der Waals surface area contributed by atoms with Gasteiger partial charge in [-0.15, -0.1) is 11.8 Å². The number of esters is 1. The molecule has 2 aromatic rings. The van der Waals surface area contributed by atoms with E-state index in [1.807, 2.05) is 19.9 Å². The third-order valence-corrected chi connectivity index (χ3v) is 5.07. The van der Waals surface area contributed by atoms with Gasteiger partial charge < -0.3 is 14.6 Å². The number of nitrogens with zero attached hydrogens (tertiary/aromatic N) is 1. The van der Waals surface area contributed by atoms with Gasteiger partial charge in [-0.3, -0.25) is 10.1 Å². The molecule has 156 valence electrons. The lowest BCUT2D eigenvalue weighted by molar-refractivity contribution is -0.127. The second kappa shape index (κ2) is 10.1. The third-order valence-electron chi connectivity index (χ3n) is 3.97. The van der Waals surface area contributed by atoms with Crippen molar-refractivity contribution in [2.24, 2.45) is 0 Å². The van der Waals surface area contributed by atoms with Gasteiger partial charge >= 0.3 is 12.0 Å². The first-order chi connectivity index (χ1) is 13.7. The van der Waals surface area contributed by atoms with Gasteiger partial charge in [0.25, 0.3) is 5.91 Å². The largest absolute Gasteiger partial charge is 0.449 e. The highest BCUT2D eigenvalue weighted by Crippen LogP contribution is 2.29. The average Bonchev–Trinajstić information content (AvgIpc) is 2.97. The standard InChI is InChI=1S/C20H25N3O5S/c1-11(2)21-20(26)22-18(24)14(5)27-19(25)15-8-6-7-9-17(15)29-10-16-12(3)23-28-13(16)4/h6-9,11,14H,10H2,1-5H3,(H2,21,22,24,26). The van der Waals surface area contributed by atoms with Gasteiger partial charge in [0.05, 0.1) is 11.3 Å². The number of aromatic nitrogens is 1. The zero-order chi connectivity index (χ0) is 21.6. The summed E-state index contributed by atoms with van der Waals surface area (Å²) in [6.07, 6.45) is -1.12. The van der Waals surface area contributed by atoms with Crippen molar-refractivity contribution >= 4 is 29.7 Å². The highest BCUT2D eigenvalue weighted by atomic mass is 32.2. The third kappa shape index (κ3) is 6.35. The molecular weight excluding hydrogens is 394 g/mol. The minimum Gasteiger partial charge on any atom is -0.449 e. The van der Waals surface area contributed by atoms with Gasteiger partial charge in [0, 0.05) is 22.3 Å². The number of rotatable bonds is 7. The van der Waals surface area contributed by atoms with E-state index in [1.54, 1.807) is 32.0 Å². The number of urea groups is 1. The molecule has 29 heavy (non-hydrogen) atoms. The molecule has 2 rings (SSSR count). The van der Waals surface area contributed by atoms with Crippen molar-refractivity contribution < 1.29 is 23.6 Å². The Hall–Kier alpha value is -2.81. The molecule has 0 aliphatic heterocycles. The van der Waals surface area contributed by atoms with Crippen LogP contribution in [0.15, 0.2) is 33.7 Å². The highest BCUT2D eigenvalue weighted by Gasteiger charge is 2.23. The number of aryl methyl sites for hydroxylation is 2. The van der Waals surface area contributed by atoms with Crippen LogP contribution < -0.4 is 10.6 Å². The Morgan fingerprint density at radius 3 is 2.48 bits per heavy atom. The zero-order valence-corrected chi connectivity index (χ0v) is 17.9. The fourth-order valence-corrected chi connectivity index (χ4v) is 3.60. The molecule has 1 aromatic heterocycles. The molecule has 1 unspecified atom stereocenters. The number of benzene rings is 1. The van der Waals surface area contributed by atoms with E-state index in [0.29, 0.717) is 16.2 Å². The monoisotopic (exact) mass is 419 g/mol. The van der Waals surface area contributed by atoms with Crippen molar-refractivity contribution in [3.63, 3.8) is 0 Å². The Bertz CT molecular complexity index is 874. The van der Waals surface area contributed by atoms with Gasteiger partial charge in [0.2, 0.25) is 0 Å². The van der Waals surface area contributed by atoms with Crippen LogP contribution in [0.1, 0.15) is 48.1 Å². The molecule has 0 bridgehead atoms. The Balaban J connectivity index is 2.02. The molecule has 0 radical (unpaired) electrons. The number of carbonyl (C=O) groups is 3. The number of imide groups is 1. The summed E-state index contributed by atoms with van der Waals surface area (Å²) in [5, 5.41) is 8.61. The zero-order valence-electron chi connectivity index (χ0n) is 17.1. The van der Waals surface area contributed by atoms with E-state index in [2.05, 4.69) is 15.8 Å². The van der Waals surface area contributed by atoms with Gasteiger partial charge in [0.1, 0.15) is 5.76 Å². The number of carbonyl (C=O) groups excluding carboxylic acids is 3. The number of hydrogen-bond donors (Lipinski definition) is 2. The van der Waals surface area contributed by atoms with Crippen LogP contribution in [0.3, 0.4) is 0 Å². The molecule has 0 aliphatic carbocycles. The predicted octanol–water partition coefficient (Wildman–Crippen LogP) is 3.36. The van der Waals surface area contributed by atoms with Crippen LogP contribution in [0.5, 0.6) is 0 Å². The molecule has 3 amide bonds. The van der Waals surface area contributed by atoms with Crippen molar-refractivity contribution in [2.75, 3.05) is 0 Å². The number of thioether (sulfide) groups is 1. The summed E-state index contributed by atoms with van der Waals surface area (Å²) < 4.78 is 10.4. The molecule has 0 saturated carbocycles. The number of nitrogens with one attached hydrogen (secondary N) is 2. The molecule has 1 atom stereocenters. The summed E-state index contributed by atoms with van der Waals surface area (Å²) in [6.45, 7) is 8.65. The van der Waals surface area contributed by atoms with Gasteiger partial charge in [-0.2, -0.15) is 0 Å². The van der Waals surface area contributed by atoms with Crippen LogP contribution in [0.4, 0.5) is 4.79 Å². The highest BCUT2D eigenvalue weighted by molar-refractivity contribution is 7.98. The minimum atomic E-state index is -1.12.